The Morgan fingerprint density at radius 2 is 1.90 bits per heavy atom. The van der Waals surface area contributed by atoms with Crippen LogP contribution in [-0.4, -0.2) is 35.8 Å². The second kappa shape index (κ2) is 8.81. The van der Waals surface area contributed by atoms with Crippen LogP contribution in [0.5, 0.6) is 0 Å². The van der Waals surface area contributed by atoms with Gasteiger partial charge in [-0.3, -0.25) is 4.84 Å². The molecule has 13 heteroatoms. The van der Waals surface area contributed by atoms with Gasteiger partial charge in [0.25, 0.3) is 10.0 Å². The van der Waals surface area contributed by atoms with Crippen molar-refractivity contribution in [3.63, 3.8) is 0 Å². The lowest BCUT2D eigenvalue weighted by atomic mass is 9.97. The topological polar surface area (TPSA) is 122 Å². The van der Waals surface area contributed by atoms with Gasteiger partial charge in [-0.1, -0.05) is 25.7 Å². The van der Waals surface area contributed by atoms with Crippen LogP contribution in [0.25, 0.3) is 5.82 Å². The number of anilines is 1. The summed E-state index contributed by atoms with van der Waals surface area (Å²) in [4.78, 5) is 10.5. The van der Waals surface area contributed by atoms with Crippen molar-refractivity contribution in [1.29, 1.82) is 5.26 Å². The number of nitrogens with one attached hydrogen (secondary N) is 2. The Morgan fingerprint density at radius 3 is 2.35 bits per heavy atom. The van der Waals surface area contributed by atoms with Gasteiger partial charge in [0.15, 0.2) is 11.5 Å². The van der Waals surface area contributed by atoms with Gasteiger partial charge in [-0.05, 0) is 31.4 Å². The van der Waals surface area contributed by atoms with Crippen LogP contribution in [0.4, 0.5) is 19.0 Å². The second-order valence-corrected chi connectivity index (χ2v) is 9.76. The van der Waals surface area contributed by atoms with Crippen molar-refractivity contribution in [1.82, 2.24) is 19.6 Å². The van der Waals surface area contributed by atoms with E-state index in [0.29, 0.717) is 0 Å². The zero-order valence-corrected chi connectivity index (χ0v) is 18.4. The molecule has 0 fully saturated rings. The first-order chi connectivity index (χ1) is 14.2. The number of nitrogens with zero attached hydrogens (tertiary/aromatic N) is 4. The summed E-state index contributed by atoms with van der Waals surface area (Å²) in [6.07, 6.45) is -4.32. The van der Waals surface area contributed by atoms with Crippen LogP contribution in [0.1, 0.15) is 45.9 Å². The summed E-state index contributed by atoms with van der Waals surface area (Å²) < 4.78 is 65.5. The molecule has 2 N–H and O–H groups in total. The van der Waals surface area contributed by atoms with Crippen LogP contribution in [-0.2, 0) is 21.0 Å². The standard InChI is InChI=1S/C18H23F3N6O3S/c1-11(2)30-26-31(28,29)12-6-7-14(23-9-12)27-16(24-10-17(3,4)5)13(8-22)15(25-27)18(19,20)21/h6-7,9,11,24,26H,10H2,1-5H3. The zero-order chi connectivity index (χ0) is 23.6. The molecule has 0 unspecified atom stereocenters. The first-order valence-corrected chi connectivity index (χ1v) is 10.6. The molecule has 0 spiro atoms. The molecule has 31 heavy (non-hydrogen) atoms. The molecule has 0 saturated carbocycles. The number of aromatic nitrogens is 3. The number of nitriles is 1. The molecule has 9 nitrogen and oxygen atoms in total. The number of alkyl halides is 3. The van der Waals surface area contributed by atoms with Gasteiger partial charge in [0.05, 0.1) is 6.10 Å². The van der Waals surface area contributed by atoms with Crippen molar-refractivity contribution >= 4 is 15.8 Å². The number of pyridine rings is 1. The van der Waals surface area contributed by atoms with Crippen LogP contribution < -0.4 is 10.2 Å². The normalized spacial score (nSPS) is 12.8. The second-order valence-electron chi connectivity index (χ2n) is 8.11. The first kappa shape index (κ1) is 24.6. The lowest BCUT2D eigenvalue weighted by Gasteiger charge is -2.20. The summed E-state index contributed by atoms with van der Waals surface area (Å²) >= 11 is 0. The largest absolute Gasteiger partial charge is 0.436 e. The Morgan fingerprint density at radius 1 is 1.26 bits per heavy atom. The third-order valence-corrected chi connectivity index (χ3v) is 4.87. The predicted octanol–water partition coefficient (Wildman–Crippen LogP) is 3.23. The summed E-state index contributed by atoms with van der Waals surface area (Å²) in [5, 5.41) is 15.7. The maximum Gasteiger partial charge on any atom is 0.436 e. The number of hydrogen-bond acceptors (Lipinski definition) is 7. The van der Waals surface area contributed by atoms with Gasteiger partial charge in [-0.15, -0.1) is 0 Å². The molecule has 2 aromatic rings. The van der Waals surface area contributed by atoms with Gasteiger partial charge in [0.1, 0.15) is 22.3 Å². The number of sulfonamides is 1. The monoisotopic (exact) mass is 460 g/mol. The highest BCUT2D eigenvalue weighted by Gasteiger charge is 2.40. The predicted molar refractivity (Wildman–Crippen MR) is 106 cm³/mol. The third-order valence-electron chi connectivity index (χ3n) is 3.69. The minimum absolute atomic E-state index is 0.105. The molecule has 0 aliphatic rings. The molecular weight excluding hydrogens is 437 g/mol. The molecule has 0 aromatic carbocycles. The van der Waals surface area contributed by atoms with Crippen molar-refractivity contribution in [2.45, 2.75) is 51.8 Å². The minimum Gasteiger partial charge on any atom is -0.368 e. The molecule has 0 aliphatic carbocycles. The van der Waals surface area contributed by atoms with E-state index in [1.54, 1.807) is 19.9 Å². The summed E-state index contributed by atoms with van der Waals surface area (Å²) in [5.74, 6) is -0.290. The van der Waals surface area contributed by atoms with E-state index in [9.17, 15) is 26.9 Å². The van der Waals surface area contributed by atoms with Gasteiger partial charge in [-0.25, -0.2) is 13.4 Å². The van der Waals surface area contributed by atoms with Crippen molar-refractivity contribution in [3.8, 4) is 11.9 Å². The minimum atomic E-state index is -4.87. The van der Waals surface area contributed by atoms with Gasteiger partial charge in [0.2, 0.25) is 0 Å². The highest BCUT2D eigenvalue weighted by molar-refractivity contribution is 7.89. The maximum absolute atomic E-state index is 13.4. The summed E-state index contributed by atoms with van der Waals surface area (Å²) in [5.41, 5.74) is -2.35. The van der Waals surface area contributed by atoms with Gasteiger partial charge in [-0.2, -0.15) is 28.2 Å². The van der Waals surface area contributed by atoms with E-state index in [4.69, 9.17) is 4.84 Å². The fraction of sp³-hybridized carbons (Fsp3) is 0.500. The first-order valence-electron chi connectivity index (χ1n) is 9.14. The summed E-state index contributed by atoms with van der Waals surface area (Å²) in [7, 11) is -4.04. The third kappa shape index (κ3) is 6.16. The smallest absolute Gasteiger partial charge is 0.368 e. The lowest BCUT2D eigenvalue weighted by molar-refractivity contribution is -0.141. The van der Waals surface area contributed by atoms with Crippen molar-refractivity contribution < 1.29 is 26.4 Å². The van der Waals surface area contributed by atoms with E-state index >= 15 is 0 Å². The summed E-state index contributed by atoms with van der Waals surface area (Å²) in [6.45, 7) is 9.08. The quantitative estimate of drug-likeness (QED) is 0.608. The average molecular weight is 460 g/mol. The van der Waals surface area contributed by atoms with E-state index in [-0.39, 0.29) is 28.5 Å². The Balaban J connectivity index is 2.52. The van der Waals surface area contributed by atoms with Gasteiger partial charge >= 0.3 is 6.18 Å². The van der Waals surface area contributed by atoms with Crippen LogP contribution in [0.3, 0.4) is 0 Å². The van der Waals surface area contributed by atoms with Crippen LogP contribution in [0.15, 0.2) is 23.2 Å². The van der Waals surface area contributed by atoms with Crippen molar-refractivity contribution in [2.24, 2.45) is 5.41 Å². The highest BCUT2D eigenvalue weighted by Crippen LogP contribution is 2.35. The molecule has 0 aliphatic heterocycles. The van der Waals surface area contributed by atoms with E-state index < -0.39 is 33.6 Å². The molecule has 2 rings (SSSR count). The number of halogens is 3. The SMILES string of the molecule is CC(C)ONS(=O)(=O)c1ccc(-n2nc(C(F)(F)F)c(C#N)c2NCC(C)(C)C)nc1. The zero-order valence-electron chi connectivity index (χ0n) is 17.6. The molecule has 0 atom stereocenters. The molecule has 2 heterocycles. The Labute approximate surface area is 178 Å². The molecule has 0 saturated heterocycles. The van der Waals surface area contributed by atoms with Crippen molar-refractivity contribution in [3.05, 3.63) is 29.6 Å². The molecule has 170 valence electrons. The Bertz CT molecular complexity index is 1070. The average Bonchev–Trinajstić information content (AvgIpc) is 3.03. The highest BCUT2D eigenvalue weighted by atomic mass is 32.2. The van der Waals surface area contributed by atoms with E-state index in [0.717, 1.165) is 16.9 Å². The van der Waals surface area contributed by atoms with E-state index in [2.05, 4.69) is 15.4 Å². The van der Waals surface area contributed by atoms with Gasteiger partial charge < -0.3 is 5.32 Å². The molecule has 2 aromatic heterocycles. The number of hydrogen-bond donors (Lipinski definition) is 2. The van der Waals surface area contributed by atoms with Crippen LogP contribution >= 0.6 is 0 Å². The Hall–Kier alpha value is -2.69. The van der Waals surface area contributed by atoms with Crippen LogP contribution in [0, 0.1) is 16.7 Å². The summed E-state index contributed by atoms with van der Waals surface area (Å²) in [6, 6.07) is 3.87. The Kier molecular flexibility index (Phi) is 6.99. The maximum atomic E-state index is 13.4. The van der Waals surface area contributed by atoms with E-state index in [1.807, 2.05) is 25.7 Å². The van der Waals surface area contributed by atoms with Gasteiger partial charge in [0, 0.05) is 12.7 Å². The van der Waals surface area contributed by atoms with Crippen molar-refractivity contribution in [2.75, 3.05) is 11.9 Å². The number of rotatable bonds is 7. The molecule has 0 amide bonds. The van der Waals surface area contributed by atoms with E-state index in [1.165, 1.54) is 6.07 Å². The molecule has 0 radical (unpaired) electrons. The fourth-order valence-corrected chi connectivity index (χ4v) is 3.12. The molecule has 0 bridgehead atoms. The van der Waals surface area contributed by atoms with Crippen LogP contribution in [0.2, 0.25) is 0 Å². The molecular formula is C18H23F3N6O3S. The fourth-order valence-electron chi connectivity index (χ4n) is 2.26. The lowest BCUT2D eigenvalue weighted by Crippen LogP contribution is -2.27.